The van der Waals surface area contributed by atoms with Crippen molar-refractivity contribution in [3.8, 4) is 0 Å². The van der Waals surface area contributed by atoms with E-state index in [4.69, 9.17) is 5.84 Å². The number of nitrogens with two attached hydrogens (primary N) is 1. The van der Waals surface area contributed by atoms with Crippen LogP contribution in [0.5, 0.6) is 0 Å². The molecule has 19 heavy (non-hydrogen) atoms. The molecule has 1 amide bonds. The summed E-state index contributed by atoms with van der Waals surface area (Å²) in [5.74, 6) is 4.23. The van der Waals surface area contributed by atoms with Gasteiger partial charge in [0.2, 0.25) is 0 Å². The number of halogens is 1. The van der Waals surface area contributed by atoms with Crippen molar-refractivity contribution in [1.29, 1.82) is 0 Å². The molecule has 0 unspecified atom stereocenters. The molecule has 1 aromatic carbocycles. The van der Waals surface area contributed by atoms with E-state index in [9.17, 15) is 9.18 Å². The second kappa shape index (κ2) is 5.45. The van der Waals surface area contributed by atoms with Gasteiger partial charge in [-0.25, -0.2) is 9.37 Å². The summed E-state index contributed by atoms with van der Waals surface area (Å²) in [5.41, 5.74) is 4.15. The predicted octanol–water partition coefficient (Wildman–Crippen LogP) is 2.07. The zero-order chi connectivity index (χ0) is 13.8. The third-order valence-corrected chi connectivity index (χ3v) is 2.53. The number of rotatable bonds is 3. The van der Waals surface area contributed by atoms with E-state index in [0.29, 0.717) is 5.69 Å². The number of nitrogens with one attached hydrogen (secondary N) is 2. The van der Waals surface area contributed by atoms with E-state index < -0.39 is 11.7 Å². The van der Waals surface area contributed by atoms with E-state index in [1.807, 2.05) is 6.92 Å². The van der Waals surface area contributed by atoms with Gasteiger partial charge in [-0.3, -0.25) is 10.6 Å². The summed E-state index contributed by atoms with van der Waals surface area (Å²) in [5, 5.41) is 2.48. The quantitative estimate of drug-likeness (QED) is 0.583. The average Bonchev–Trinajstić information content (AvgIpc) is 2.43. The third kappa shape index (κ3) is 3.05. The first-order valence-corrected chi connectivity index (χ1v) is 5.60. The Bertz CT molecular complexity index is 598. The minimum atomic E-state index is -0.487. The summed E-state index contributed by atoms with van der Waals surface area (Å²) >= 11 is 0. The number of aryl methyl sites for hydroxylation is 1. The van der Waals surface area contributed by atoms with Crippen molar-refractivity contribution < 1.29 is 9.18 Å². The second-order valence-electron chi connectivity index (χ2n) is 4.01. The molecule has 0 aliphatic carbocycles. The maximum atomic E-state index is 13.5. The fourth-order valence-corrected chi connectivity index (χ4v) is 1.53. The van der Waals surface area contributed by atoms with E-state index in [1.165, 1.54) is 18.3 Å². The maximum Gasteiger partial charge on any atom is 0.274 e. The highest BCUT2D eigenvalue weighted by Gasteiger charge is 2.10. The van der Waals surface area contributed by atoms with Gasteiger partial charge < -0.3 is 10.7 Å². The molecule has 0 aliphatic rings. The Morgan fingerprint density at radius 2 is 2.11 bits per heavy atom. The van der Waals surface area contributed by atoms with Crippen LogP contribution in [-0.2, 0) is 0 Å². The smallest absolute Gasteiger partial charge is 0.274 e. The van der Waals surface area contributed by atoms with E-state index in [2.05, 4.69) is 15.7 Å². The molecule has 0 saturated carbocycles. The molecule has 0 radical (unpaired) electrons. The van der Waals surface area contributed by atoms with Gasteiger partial charge in [-0.15, -0.1) is 0 Å². The summed E-state index contributed by atoms with van der Waals surface area (Å²) in [4.78, 5) is 15.8. The van der Waals surface area contributed by atoms with E-state index >= 15 is 0 Å². The summed E-state index contributed by atoms with van der Waals surface area (Å²) in [7, 11) is 0. The maximum absolute atomic E-state index is 13.5. The van der Waals surface area contributed by atoms with Crippen LogP contribution in [0.3, 0.4) is 0 Å². The van der Waals surface area contributed by atoms with Crippen LogP contribution in [-0.4, -0.2) is 10.9 Å². The highest BCUT2D eigenvalue weighted by atomic mass is 19.1. The highest BCUT2D eigenvalue weighted by molar-refractivity contribution is 6.03. The zero-order valence-electron chi connectivity index (χ0n) is 10.3. The van der Waals surface area contributed by atoms with E-state index in [-0.39, 0.29) is 11.4 Å². The number of hydrogen-bond acceptors (Lipinski definition) is 4. The second-order valence-corrected chi connectivity index (χ2v) is 4.01. The lowest BCUT2D eigenvalue weighted by Gasteiger charge is -2.07. The molecule has 2 rings (SSSR count). The van der Waals surface area contributed by atoms with Gasteiger partial charge in [0.15, 0.2) is 0 Å². The Balaban J connectivity index is 2.18. The van der Waals surface area contributed by atoms with E-state index in [1.54, 1.807) is 18.2 Å². The van der Waals surface area contributed by atoms with Gasteiger partial charge in [-0.2, -0.15) is 0 Å². The number of nitrogens with zero attached hydrogens (tertiary/aromatic N) is 1. The minimum Gasteiger partial charge on any atom is -0.323 e. The van der Waals surface area contributed by atoms with Crippen molar-refractivity contribution in [2.24, 2.45) is 5.84 Å². The van der Waals surface area contributed by atoms with E-state index in [0.717, 1.165) is 5.56 Å². The first kappa shape index (κ1) is 13.0. The average molecular weight is 260 g/mol. The molecule has 0 fully saturated rings. The Morgan fingerprint density at radius 3 is 2.74 bits per heavy atom. The molecule has 1 aromatic heterocycles. The van der Waals surface area contributed by atoms with Crippen molar-refractivity contribution in [2.75, 3.05) is 10.7 Å². The molecular weight excluding hydrogens is 247 g/mol. The Labute approximate surface area is 109 Å². The number of carbonyl (C=O) groups excluding carboxylic acids is 1. The molecule has 0 aliphatic heterocycles. The number of anilines is 2. The number of amides is 1. The van der Waals surface area contributed by atoms with Crippen LogP contribution < -0.4 is 16.6 Å². The summed E-state index contributed by atoms with van der Waals surface area (Å²) in [6.45, 7) is 1.81. The highest BCUT2D eigenvalue weighted by Crippen LogP contribution is 2.16. The molecule has 1 heterocycles. The van der Waals surface area contributed by atoms with Crippen LogP contribution in [0.25, 0.3) is 0 Å². The molecule has 0 bridgehead atoms. The lowest BCUT2D eigenvalue weighted by atomic mass is 10.2. The number of nitrogen functional groups attached to an aromatic ring is 1. The number of benzene rings is 1. The van der Waals surface area contributed by atoms with Crippen LogP contribution >= 0.6 is 0 Å². The molecular formula is C13H13FN4O. The molecule has 0 spiro atoms. The lowest BCUT2D eigenvalue weighted by Crippen LogP contribution is -2.15. The molecule has 6 heteroatoms. The van der Waals surface area contributed by atoms with Crippen molar-refractivity contribution in [1.82, 2.24) is 4.98 Å². The van der Waals surface area contributed by atoms with Gasteiger partial charge in [0.05, 0.1) is 17.6 Å². The third-order valence-electron chi connectivity index (χ3n) is 2.53. The normalized spacial score (nSPS) is 10.1. The fourth-order valence-electron chi connectivity index (χ4n) is 1.53. The largest absolute Gasteiger partial charge is 0.323 e. The van der Waals surface area contributed by atoms with Crippen molar-refractivity contribution in [3.63, 3.8) is 0 Å². The Morgan fingerprint density at radius 1 is 1.32 bits per heavy atom. The SMILES string of the molecule is Cc1ccc(F)c(NC(=O)c2ccc(NN)cn2)c1. The van der Waals surface area contributed by atoms with Gasteiger partial charge in [0, 0.05) is 0 Å². The summed E-state index contributed by atoms with van der Waals surface area (Å²) in [6, 6.07) is 7.60. The fraction of sp³-hybridized carbons (Fsp3) is 0.0769. The van der Waals surface area contributed by atoms with Gasteiger partial charge >= 0.3 is 0 Å². The molecule has 4 N–H and O–H groups in total. The Kier molecular flexibility index (Phi) is 3.72. The van der Waals surface area contributed by atoms with Crippen molar-refractivity contribution in [2.45, 2.75) is 6.92 Å². The minimum absolute atomic E-state index is 0.132. The number of hydrogen-bond donors (Lipinski definition) is 3. The first-order chi connectivity index (χ1) is 9.10. The Hall–Kier alpha value is -2.47. The van der Waals surface area contributed by atoms with Gasteiger partial charge in [0.25, 0.3) is 5.91 Å². The van der Waals surface area contributed by atoms with Crippen LogP contribution in [0.1, 0.15) is 16.1 Å². The van der Waals surface area contributed by atoms with Crippen LogP contribution in [0, 0.1) is 12.7 Å². The number of pyridine rings is 1. The summed E-state index contributed by atoms with van der Waals surface area (Å²) < 4.78 is 13.5. The number of hydrazine groups is 1. The monoisotopic (exact) mass is 260 g/mol. The molecule has 98 valence electrons. The van der Waals surface area contributed by atoms with Gasteiger partial charge in [-0.05, 0) is 36.8 Å². The molecule has 2 aromatic rings. The van der Waals surface area contributed by atoms with Gasteiger partial charge in [0.1, 0.15) is 11.5 Å². The predicted molar refractivity (Wildman–Crippen MR) is 71.1 cm³/mol. The van der Waals surface area contributed by atoms with Crippen LogP contribution in [0.15, 0.2) is 36.5 Å². The zero-order valence-corrected chi connectivity index (χ0v) is 10.3. The number of carbonyl (C=O) groups is 1. The number of aromatic nitrogens is 1. The molecule has 5 nitrogen and oxygen atoms in total. The molecule has 0 atom stereocenters. The topological polar surface area (TPSA) is 80.0 Å². The molecule has 0 saturated heterocycles. The van der Waals surface area contributed by atoms with Crippen LogP contribution in [0.2, 0.25) is 0 Å². The summed E-state index contributed by atoms with van der Waals surface area (Å²) in [6.07, 6.45) is 1.42. The van der Waals surface area contributed by atoms with Crippen LogP contribution in [0.4, 0.5) is 15.8 Å². The standard InChI is InChI=1S/C13H13FN4O/c1-8-2-4-10(14)12(6-8)17-13(19)11-5-3-9(18-15)7-16-11/h2-7,18H,15H2,1H3,(H,17,19). The first-order valence-electron chi connectivity index (χ1n) is 5.60. The van der Waals surface area contributed by atoms with Gasteiger partial charge in [-0.1, -0.05) is 6.07 Å². The lowest BCUT2D eigenvalue weighted by molar-refractivity contribution is 0.102. The van der Waals surface area contributed by atoms with Crippen molar-refractivity contribution in [3.05, 3.63) is 53.6 Å². The van der Waals surface area contributed by atoms with Crippen molar-refractivity contribution >= 4 is 17.3 Å².